The van der Waals surface area contributed by atoms with E-state index in [4.69, 9.17) is 10.8 Å². The molecule has 4 heteroatoms. The second-order valence-electron chi connectivity index (χ2n) is 3.62. The predicted molar refractivity (Wildman–Crippen MR) is 46.7 cm³/mol. The molecule has 1 fully saturated rings. The molecule has 3 N–H and O–H groups in total. The van der Waals surface area contributed by atoms with Gasteiger partial charge >= 0.3 is 5.97 Å². The zero-order chi connectivity index (χ0) is 9.14. The smallest absolute Gasteiger partial charge is 0.308 e. The number of rotatable bonds is 2. The van der Waals surface area contributed by atoms with Gasteiger partial charge in [-0.3, -0.25) is 4.79 Å². The van der Waals surface area contributed by atoms with Crippen molar-refractivity contribution >= 4 is 5.97 Å². The Balaban J connectivity index is 0.00000144. The van der Waals surface area contributed by atoms with Crippen molar-refractivity contribution in [3.8, 4) is 0 Å². The van der Waals surface area contributed by atoms with Gasteiger partial charge in [-0.05, 0) is 18.8 Å². The maximum Gasteiger partial charge on any atom is 0.308 e. The first-order valence-electron chi connectivity index (χ1n) is 4.65. The third-order valence-corrected chi connectivity index (χ3v) is 2.94. The van der Waals surface area contributed by atoms with E-state index < -0.39 is 5.97 Å². The Morgan fingerprint density at radius 2 is 2.15 bits per heavy atom. The average Bonchev–Trinajstić information content (AvgIpc) is 2.04. The van der Waals surface area contributed by atoms with Crippen molar-refractivity contribution in [1.82, 2.24) is 0 Å². The third kappa shape index (κ3) is 2.98. The number of carbonyl (C=O) groups is 1. The summed E-state index contributed by atoms with van der Waals surface area (Å²) in [5.74, 6) is -0.607. The molecular weight excluding hydrogens is 206 g/mol. The number of carboxylic acid groups (broad SMARTS) is 1. The quantitative estimate of drug-likeness (QED) is 0.739. The minimum Gasteiger partial charge on any atom is -0.481 e. The van der Waals surface area contributed by atoms with Crippen molar-refractivity contribution in [1.29, 1.82) is 0 Å². The van der Waals surface area contributed by atoms with Crippen molar-refractivity contribution < 1.29 is 27.3 Å². The molecule has 3 atom stereocenters. The number of nitrogens with two attached hydrogens (primary N) is 1. The molecule has 3 nitrogen and oxygen atoms in total. The standard InChI is InChI=1S/C9H17NO2.Cr/c1-2-6-4-3-5-7(8(6)10)9(11)12;/h6-8H,2-5,10H2,1H3,(H,11,12);. The van der Waals surface area contributed by atoms with Gasteiger partial charge in [0.1, 0.15) is 0 Å². The molecule has 0 aromatic heterocycles. The minimum absolute atomic E-state index is 0. The molecule has 0 amide bonds. The van der Waals surface area contributed by atoms with E-state index in [1.165, 1.54) is 0 Å². The summed E-state index contributed by atoms with van der Waals surface area (Å²) in [6.07, 6.45) is 3.88. The molecule has 0 bridgehead atoms. The van der Waals surface area contributed by atoms with Gasteiger partial charge in [-0.1, -0.05) is 19.8 Å². The van der Waals surface area contributed by atoms with Crippen LogP contribution in [0.25, 0.3) is 0 Å². The fourth-order valence-corrected chi connectivity index (χ4v) is 2.08. The average molecular weight is 223 g/mol. The van der Waals surface area contributed by atoms with Gasteiger partial charge in [0.2, 0.25) is 0 Å². The maximum absolute atomic E-state index is 10.7. The Kier molecular flexibility index (Phi) is 5.63. The Morgan fingerprint density at radius 3 is 2.62 bits per heavy atom. The van der Waals surface area contributed by atoms with E-state index >= 15 is 0 Å². The summed E-state index contributed by atoms with van der Waals surface area (Å²) in [6.45, 7) is 2.08. The van der Waals surface area contributed by atoms with Crippen LogP contribution in [0.1, 0.15) is 32.6 Å². The molecule has 0 aliphatic heterocycles. The van der Waals surface area contributed by atoms with Gasteiger partial charge in [0.05, 0.1) is 5.92 Å². The summed E-state index contributed by atoms with van der Waals surface area (Å²) in [4.78, 5) is 10.7. The first-order valence-corrected chi connectivity index (χ1v) is 4.65. The summed E-state index contributed by atoms with van der Waals surface area (Å²) in [7, 11) is 0. The molecule has 1 aliphatic rings. The molecule has 0 saturated heterocycles. The van der Waals surface area contributed by atoms with Crippen molar-refractivity contribution in [2.45, 2.75) is 38.6 Å². The van der Waals surface area contributed by atoms with Crippen molar-refractivity contribution in [2.75, 3.05) is 0 Å². The topological polar surface area (TPSA) is 63.3 Å². The van der Waals surface area contributed by atoms with Crippen molar-refractivity contribution in [3.05, 3.63) is 0 Å². The van der Waals surface area contributed by atoms with Crippen LogP contribution in [0.3, 0.4) is 0 Å². The largest absolute Gasteiger partial charge is 0.481 e. The van der Waals surface area contributed by atoms with Crippen LogP contribution in [-0.2, 0) is 22.2 Å². The zero-order valence-corrected chi connectivity index (χ0v) is 9.18. The number of hydrogen-bond donors (Lipinski definition) is 2. The Bertz CT molecular complexity index is 175. The van der Waals surface area contributed by atoms with E-state index in [9.17, 15) is 4.79 Å². The van der Waals surface area contributed by atoms with Crippen LogP contribution in [0, 0.1) is 11.8 Å². The van der Waals surface area contributed by atoms with E-state index in [0.29, 0.717) is 5.92 Å². The van der Waals surface area contributed by atoms with Crippen molar-refractivity contribution in [2.24, 2.45) is 17.6 Å². The van der Waals surface area contributed by atoms with E-state index in [1.807, 2.05) is 0 Å². The van der Waals surface area contributed by atoms with Crippen LogP contribution >= 0.6 is 0 Å². The number of carboxylic acids is 1. The van der Waals surface area contributed by atoms with E-state index in [1.54, 1.807) is 0 Å². The summed E-state index contributed by atoms with van der Waals surface area (Å²) in [6, 6.07) is -0.124. The van der Waals surface area contributed by atoms with Gasteiger partial charge in [-0.25, -0.2) is 0 Å². The maximum atomic E-state index is 10.7. The van der Waals surface area contributed by atoms with Crippen LogP contribution in [0.5, 0.6) is 0 Å². The molecule has 1 saturated carbocycles. The fourth-order valence-electron chi connectivity index (χ4n) is 2.08. The summed E-state index contributed by atoms with van der Waals surface area (Å²) < 4.78 is 0. The molecule has 3 unspecified atom stereocenters. The molecule has 1 aliphatic carbocycles. The second-order valence-corrected chi connectivity index (χ2v) is 3.62. The van der Waals surface area contributed by atoms with Crippen LogP contribution in [0.15, 0.2) is 0 Å². The van der Waals surface area contributed by atoms with Crippen LogP contribution in [0.2, 0.25) is 0 Å². The van der Waals surface area contributed by atoms with Gasteiger partial charge < -0.3 is 10.8 Å². The van der Waals surface area contributed by atoms with Crippen LogP contribution < -0.4 is 5.73 Å². The van der Waals surface area contributed by atoms with Gasteiger partial charge in [0.15, 0.2) is 0 Å². The first-order chi connectivity index (χ1) is 5.66. The fraction of sp³-hybridized carbons (Fsp3) is 0.889. The first kappa shape index (κ1) is 13.0. The van der Waals surface area contributed by atoms with E-state index in [-0.39, 0.29) is 29.3 Å². The minimum atomic E-state index is -0.722. The molecule has 0 heterocycles. The predicted octanol–water partition coefficient (Wildman–Crippen LogP) is 1.22. The summed E-state index contributed by atoms with van der Waals surface area (Å²) >= 11 is 0. The third-order valence-electron chi connectivity index (χ3n) is 2.94. The van der Waals surface area contributed by atoms with Crippen molar-refractivity contribution in [3.63, 3.8) is 0 Å². The number of hydrogen-bond acceptors (Lipinski definition) is 2. The molecule has 13 heavy (non-hydrogen) atoms. The molecule has 0 aromatic carbocycles. The second kappa shape index (κ2) is 5.64. The van der Waals surface area contributed by atoms with E-state index in [2.05, 4.69) is 6.92 Å². The van der Waals surface area contributed by atoms with Gasteiger partial charge in [-0.2, -0.15) is 0 Å². The summed E-state index contributed by atoms with van der Waals surface area (Å²) in [5.41, 5.74) is 5.85. The molecule has 0 spiro atoms. The van der Waals surface area contributed by atoms with Crippen LogP contribution in [-0.4, -0.2) is 17.1 Å². The Labute approximate surface area is 89.8 Å². The molecule has 76 valence electrons. The van der Waals surface area contributed by atoms with Gasteiger partial charge in [0, 0.05) is 23.4 Å². The number of aliphatic carboxylic acids is 1. The Morgan fingerprint density at radius 1 is 1.54 bits per heavy atom. The molecule has 0 radical (unpaired) electrons. The van der Waals surface area contributed by atoms with Gasteiger partial charge in [0.25, 0.3) is 0 Å². The molecule has 0 aromatic rings. The normalized spacial score (nSPS) is 33.5. The Hall–Kier alpha value is -0.0375. The SMILES string of the molecule is CCC1CCCC(C(=O)O)C1N.[Cr]. The molecule has 1 rings (SSSR count). The van der Waals surface area contributed by atoms with E-state index in [0.717, 1.165) is 25.7 Å². The zero-order valence-electron chi connectivity index (χ0n) is 7.90. The molecular formula is C9H17CrNO2. The monoisotopic (exact) mass is 223 g/mol. The van der Waals surface area contributed by atoms with Crippen LogP contribution in [0.4, 0.5) is 0 Å². The summed E-state index contributed by atoms with van der Waals surface area (Å²) in [5, 5.41) is 8.84. The van der Waals surface area contributed by atoms with Gasteiger partial charge in [-0.15, -0.1) is 0 Å².